The Bertz CT molecular complexity index is 697. The first kappa shape index (κ1) is 17.3. The third kappa shape index (κ3) is 4.04. The quantitative estimate of drug-likeness (QED) is 0.925. The zero-order chi connectivity index (χ0) is 17.2. The maximum Gasteiger partial charge on any atom is 0.417 e. The lowest BCUT2D eigenvalue weighted by molar-refractivity contribution is -0.137. The van der Waals surface area contributed by atoms with E-state index in [1.807, 2.05) is 6.26 Å². The van der Waals surface area contributed by atoms with E-state index in [9.17, 15) is 18.0 Å². The molecular formula is C14H15F3N4OS. The number of hydrogen-bond donors (Lipinski definition) is 1. The molecule has 0 bridgehead atoms. The van der Waals surface area contributed by atoms with Gasteiger partial charge in [-0.2, -0.15) is 34.7 Å². The number of amides is 1. The van der Waals surface area contributed by atoms with Gasteiger partial charge in [0.2, 0.25) is 5.91 Å². The van der Waals surface area contributed by atoms with Gasteiger partial charge in [-0.15, -0.1) is 0 Å². The normalized spacial score (nSPS) is 13.0. The molecule has 0 aliphatic carbocycles. The van der Waals surface area contributed by atoms with Crippen molar-refractivity contribution in [2.45, 2.75) is 25.3 Å². The van der Waals surface area contributed by atoms with Gasteiger partial charge in [0.1, 0.15) is 5.82 Å². The summed E-state index contributed by atoms with van der Waals surface area (Å²) in [7, 11) is 0. The fraction of sp³-hybridized carbons (Fsp3) is 0.357. The highest BCUT2D eigenvalue weighted by atomic mass is 32.2. The molecule has 0 spiro atoms. The number of anilines is 1. The molecular weight excluding hydrogens is 329 g/mol. The Balaban J connectivity index is 2.31. The number of carbonyl (C=O) groups excluding carboxylic acids is 1. The SMILES string of the molecule is CS[C@@H](C)C(=O)Nc1cc(C)nn1-c1ccc(C(F)(F)F)cn1. The molecule has 1 atom stereocenters. The first-order chi connectivity index (χ1) is 10.7. The van der Waals surface area contributed by atoms with E-state index in [1.165, 1.54) is 22.5 Å². The predicted molar refractivity (Wildman–Crippen MR) is 82.7 cm³/mol. The molecule has 2 aromatic rings. The van der Waals surface area contributed by atoms with Crippen LogP contribution in [0.25, 0.3) is 5.82 Å². The van der Waals surface area contributed by atoms with Crippen LogP contribution in [0.4, 0.5) is 19.0 Å². The molecule has 1 amide bonds. The van der Waals surface area contributed by atoms with Gasteiger partial charge in [-0.3, -0.25) is 4.79 Å². The molecule has 2 heterocycles. The van der Waals surface area contributed by atoms with Gasteiger partial charge in [0.15, 0.2) is 5.82 Å². The molecule has 2 aromatic heterocycles. The molecule has 0 unspecified atom stereocenters. The van der Waals surface area contributed by atoms with E-state index < -0.39 is 11.7 Å². The molecule has 1 N–H and O–H groups in total. The standard InChI is InChI=1S/C14H15F3N4OS/c1-8-6-12(19-13(22)9(2)23-3)21(20-8)11-5-4-10(7-18-11)14(15,16)17/h4-7,9H,1-3H3,(H,19,22)/t9-/m0/s1. The van der Waals surface area contributed by atoms with Crippen LogP contribution in [0, 0.1) is 6.92 Å². The molecule has 0 aromatic carbocycles. The molecule has 0 aliphatic heterocycles. The van der Waals surface area contributed by atoms with Crippen LogP contribution in [0.5, 0.6) is 0 Å². The van der Waals surface area contributed by atoms with Gasteiger partial charge in [0.05, 0.1) is 16.5 Å². The van der Waals surface area contributed by atoms with Gasteiger partial charge in [-0.25, -0.2) is 4.98 Å². The minimum absolute atomic E-state index is 0.193. The lowest BCUT2D eigenvalue weighted by Gasteiger charge is -2.12. The third-order valence-corrected chi connectivity index (χ3v) is 4.02. The molecule has 0 fully saturated rings. The van der Waals surface area contributed by atoms with Crippen molar-refractivity contribution < 1.29 is 18.0 Å². The van der Waals surface area contributed by atoms with Crippen molar-refractivity contribution in [1.29, 1.82) is 0 Å². The van der Waals surface area contributed by atoms with Gasteiger partial charge in [-0.1, -0.05) is 0 Å². The van der Waals surface area contributed by atoms with Gasteiger partial charge >= 0.3 is 6.18 Å². The van der Waals surface area contributed by atoms with Crippen LogP contribution in [-0.4, -0.2) is 32.2 Å². The third-order valence-electron chi connectivity index (χ3n) is 3.10. The highest BCUT2D eigenvalue weighted by Gasteiger charge is 2.30. The van der Waals surface area contributed by atoms with Gasteiger partial charge in [0, 0.05) is 12.3 Å². The largest absolute Gasteiger partial charge is 0.417 e. The minimum atomic E-state index is -4.45. The molecule has 0 saturated heterocycles. The lowest BCUT2D eigenvalue weighted by atomic mass is 10.3. The molecule has 23 heavy (non-hydrogen) atoms. The van der Waals surface area contributed by atoms with Crippen LogP contribution in [-0.2, 0) is 11.0 Å². The number of nitrogens with zero attached hydrogens (tertiary/aromatic N) is 3. The number of aromatic nitrogens is 3. The van der Waals surface area contributed by atoms with E-state index in [1.54, 1.807) is 19.9 Å². The maximum atomic E-state index is 12.6. The summed E-state index contributed by atoms with van der Waals surface area (Å²) in [6, 6.07) is 3.77. The predicted octanol–water partition coefficient (Wildman–Crippen LogP) is 3.28. The Kier molecular flexibility index (Phi) is 4.98. The Morgan fingerprint density at radius 2 is 2.09 bits per heavy atom. The summed E-state index contributed by atoms with van der Waals surface area (Å²) in [6.45, 7) is 3.47. The number of pyridine rings is 1. The van der Waals surface area contributed by atoms with Crippen molar-refractivity contribution in [1.82, 2.24) is 14.8 Å². The second-order valence-corrected chi connectivity index (χ2v) is 6.03. The highest BCUT2D eigenvalue weighted by Crippen LogP contribution is 2.29. The number of halogens is 3. The molecule has 2 rings (SSSR count). The maximum absolute atomic E-state index is 12.6. The molecule has 124 valence electrons. The van der Waals surface area contributed by atoms with Crippen molar-refractivity contribution >= 4 is 23.5 Å². The number of alkyl halides is 3. The van der Waals surface area contributed by atoms with E-state index in [2.05, 4.69) is 15.4 Å². The van der Waals surface area contributed by atoms with Crippen molar-refractivity contribution in [3.63, 3.8) is 0 Å². The average Bonchev–Trinajstić information content (AvgIpc) is 2.86. The fourth-order valence-corrected chi connectivity index (χ4v) is 2.05. The number of aryl methyl sites for hydroxylation is 1. The van der Waals surface area contributed by atoms with Crippen LogP contribution >= 0.6 is 11.8 Å². The molecule has 0 aliphatic rings. The second-order valence-electron chi connectivity index (χ2n) is 4.85. The topological polar surface area (TPSA) is 59.8 Å². The van der Waals surface area contributed by atoms with Crippen LogP contribution in [0.1, 0.15) is 18.2 Å². The van der Waals surface area contributed by atoms with E-state index in [4.69, 9.17) is 0 Å². The van der Waals surface area contributed by atoms with E-state index >= 15 is 0 Å². The van der Waals surface area contributed by atoms with Gasteiger partial charge in [-0.05, 0) is 32.2 Å². The van der Waals surface area contributed by atoms with Crippen LogP contribution in [0.2, 0.25) is 0 Å². The van der Waals surface area contributed by atoms with Crippen molar-refractivity contribution in [3.8, 4) is 5.82 Å². The minimum Gasteiger partial charge on any atom is -0.310 e. The fourth-order valence-electron chi connectivity index (χ4n) is 1.78. The number of thioether (sulfide) groups is 1. The number of carbonyl (C=O) groups is 1. The summed E-state index contributed by atoms with van der Waals surface area (Å²) < 4.78 is 39.1. The van der Waals surface area contributed by atoms with Crippen molar-refractivity contribution in [3.05, 3.63) is 35.7 Å². The highest BCUT2D eigenvalue weighted by molar-refractivity contribution is 7.99. The van der Waals surface area contributed by atoms with Crippen molar-refractivity contribution in [2.24, 2.45) is 0 Å². The van der Waals surface area contributed by atoms with Crippen molar-refractivity contribution in [2.75, 3.05) is 11.6 Å². The Morgan fingerprint density at radius 3 is 2.61 bits per heavy atom. The summed E-state index contributed by atoms with van der Waals surface area (Å²) in [5, 5.41) is 6.60. The van der Waals surface area contributed by atoms with Crippen LogP contribution in [0.15, 0.2) is 24.4 Å². The van der Waals surface area contributed by atoms with Gasteiger partial charge < -0.3 is 5.32 Å². The number of nitrogens with one attached hydrogen (secondary N) is 1. The smallest absolute Gasteiger partial charge is 0.310 e. The Hall–Kier alpha value is -2.03. The molecule has 0 radical (unpaired) electrons. The summed E-state index contributed by atoms with van der Waals surface area (Å²) in [4.78, 5) is 15.8. The summed E-state index contributed by atoms with van der Waals surface area (Å²) >= 11 is 1.38. The first-order valence-corrected chi connectivity index (χ1v) is 7.95. The summed E-state index contributed by atoms with van der Waals surface area (Å²) in [5.41, 5.74) is -0.231. The summed E-state index contributed by atoms with van der Waals surface area (Å²) in [5.74, 6) is 0.337. The second kappa shape index (κ2) is 6.61. The zero-order valence-corrected chi connectivity index (χ0v) is 13.5. The number of rotatable bonds is 4. The molecule has 5 nitrogen and oxygen atoms in total. The number of hydrogen-bond acceptors (Lipinski definition) is 4. The average molecular weight is 344 g/mol. The Morgan fingerprint density at radius 1 is 1.39 bits per heavy atom. The van der Waals surface area contributed by atoms with Crippen LogP contribution < -0.4 is 5.32 Å². The van der Waals surface area contributed by atoms with E-state index in [0.29, 0.717) is 11.5 Å². The van der Waals surface area contributed by atoms with E-state index in [-0.39, 0.29) is 17.0 Å². The zero-order valence-electron chi connectivity index (χ0n) is 12.7. The Labute approximate surface area is 135 Å². The summed E-state index contributed by atoms with van der Waals surface area (Å²) in [6.07, 6.45) is -1.90. The molecule has 0 saturated carbocycles. The lowest BCUT2D eigenvalue weighted by Crippen LogP contribution is -2.23. The monoisotopic (exact) mass is 344 g/mol. The van der Waals surface area contributed by atoms with Gasteiger partial charge in [0.25, 0.3) is 0 Å². The van der Waals surface area contributed by atoms with Crippen LogP contribution in [0.3, 0.4) is 0 Å². The van der Waals surface area contributed by atoms with E-state index in [0.717, 1.165) is 12.3 Å². The first-order valence-electron chi connectivity index (χ1n) is 6.66. The molecule has 9 heteroatoms.